The molecule has 3 rings (SSSR count). The molecule has 0 fully saturated rings. The Morgan fingerprint density at radius 2 is 1.54 bits per heavy atom. The van der Waals surface area contributed by atoms with Gasteiger partial charge in [-0.05, 0) is 67.1 Å². The summed E-state index contributed by atoms with van der Waals surface area (Å²) in [6.07, 6.45) is 2.91. The van der Waals surface area contributed by atoms with Crippen LogP contribution in [0.1, 0.15) is 11.1 Å². The SMILES string of the molecule is COc1ccc(C=CC(=O)Nc2ccc(S(=O)(=O)Nc3ccc(C)c(Cl)c3)cc2)c(OC)c1OC. The molecule has 8 nitrogen and oxygen atoms in total. The summed E-state index contributed by atoms with van der Waals surface area (Å²) in [6, 6.07) is 14.1. The Bertz CT molecular complexity index is 1360. The molecule has 0 aliphatic heterocycles. The zero-order chi connectivity index (χ0) is 25.6. The third kappa shape index (κ3) is 6.26. The molecule has 3 aromatic carbocycles. The van der Waals surface area contributed by atoms with Gasteiger partial charge >= 0.3 is 0 Å². The molecule has 0 unspecified atom stereocenters. The van der Waals surface area contributed by atoms with Gasteiger partial charge in [-0.3, -0.25) is 9.52 Å². The number of benzene rings is 3. The van der Waals surface area contributed by atoms with Crippen molar-refractivity contribution in [1.29, 1.82) is 0 Å². The van der Waals surface area contributed by atoms with Gasteiger partial charge in [-0.15, -0.1) is 0 Å². The zero-order valence-corrected chi connectivity index (χ0v) is 21.2. The van der Waals surface area contributed by atoms with Gasteiger partial charge in [-0.2, -0.15) is 0 Å². The largest absolute Gasteiger partial charge is 0.493 e. The lowest BCUT2D eigenvalue weighted by Crippen LogP contribution is -2.13. The van der Waals surface area contributed by atoms with E-state index in [-0.39, 0.29) is 4.90 Å². The highest BCUT2D eigenvalue weighted by atomic mass is 35.5. The van der Waals surface area contributed by atoms with Crippen LogP contribution in [0.25, 0.3) is 6.08 Å². The number of ether oxygens (including phenoxy) is 3. The first kappa shape index (κ1) is 25.9. The number of amides is 1. The second kappa shape index (κ2) is 11.2. The topological polar surface area (TPSA) is 103 Å². The molecule has 184 valence electrons. The van der Waals surface area contributed by atoms with E-state index in [9.17, 15) is 13.2 Å². The first-order valence-electron chi connectivity index (χ1n) is 10.4. The molecule has 2 N–H and O–H groups in total. The molecule has 35 heavy (non-hydrogen) atoms. The van der Waals surface area contributed by atoms with E-state index in [1.54, 1.807) is 36.4 Å². The number of hydrogen-bond donors (Lipinski definition) is 2. The fraction of sp³-hybridized carbons (Fsp3) is 0.160. The summed E-state index contributed by atoms with van der Waals surface area (Å²) in [4.78, 5) is 12.4. The van der Waals surface area contributed by atoms with Crippen LogP contribution in [0.4, 0.5) is 11.4 Å². The molecule has 0 saturated heterocycles. The Balaban J connectivity index is 1.70. The van der Waals surface area contributed by atoms with Crippen molar-refractivity contribution in [3.63, 3.8) is 0 Å². The molecular formula is C25H25ClN2O6S. The van der Waals surface area contributed by atoms with Crippen LogP contribution < -0.4 is 24.2 Å². The lowest BCUT2D eigenvalue weighted by molar-refractivity contribution is -0.111. The van der Waals surface area contributed by atoms with E-state index in [1.165, 1.54) is 51.7 Å². The van der Waals surface area contributed by atoms with Crippen molar-refractivity contribution in [3.05, 3.63) is 76.8 Å². The summed E-state index contributed by atoms with van der Waals surface area (Å²) in [6.45, 7) is 1.83. The Labute approximate surface area is 209 Å². The maximum Gasteiger partial charge on any atom is 0.261 e. The van der Waals surface area contributed by atoms with Crippen LogP contribution in [0.3, 0.4) is 0 Å². The molecule has 10 heteroatoms. The van der Waals surface area contributed by atoms with E-state index in [1.807, 2.05) is 6.92 Å². The number of anilines is 2. The number of sulfonamides is 1. The average Bonchev–Trinajstić information content (AvgIpc) is 2.84. The van der Waals surface area contributed by atoms with E-state index >= 15 is 0 Å². The average molecular weight is 517 g/mol. The maximum atomic E-state index is 12.7. The van der Waals surface area contributed by atoms with Crippen LogP contribution >= 0.6 is 11.6 Å². The number of rotatable bonds is 9. The molecule has 0 bridgehead atoms. The number of carbonyl (C=O) groups excluding carboxylic acids is 1. The van der Waals surface area contributed by atoms with Crippen LogP contribution in [0, 0.1) is 6.92 Å². The molecule has 0 atom stereocenters. The summed E-state index contributed by atoms with van der Waals surface area (Å²) >= 11 is 6.07. The maximum absolute atomic E-state index is 12.7. The molecule has 0 heterocycles. The van der Waals surface area contributed by atoms with Crippen LogP contribution in [0.5, 0.6) is 17.2 Å². The van der Waals surface area contributed by atoms with Gasteiger partial charge in [-0.25, -0.2) is 8.42 Å². The van der Waals surface area contributed by atoms with Crippen LogP contribution in [-0.2, 0) is 14.8 Å². The summed E-state index contributed by atoms with van der Waals surface area (Å²) in [5.41, 5.74) is 2.24. The number of halogens is 1. The molecule has 0 spiro atoms. The van der Waals surface area contributed by atoms with Gasteiger partial charge in [0.05, 0.1) is 31.9 Å². The number of methoxy groups -OCH3 is 3. The lowest BCUT2D eigenvalue weighted by Gasteiger charge is -2.14. The summed E-state index contributed by atoms with van der Waals surface area (Å²) in [7, 11) is 0.681. The normalized spacial score (nSPS) is 11.2. The summed E-state index contributed by atoms with van der Waals surface area (Å²) in [5, 5.41) is 3.15. The molecule has 0 saturated carbocycles. The van der Waals surface area contributed by atoms with Gasteiger partial charge in [0.1, 0.15) is 0 Å². The standard InChI is InChI=1S/C25H25ClN2O6S/c1-16-5-8-19(15-21(16)26)28-35(30,31)20-11-9-18(10-12-20)27-23(29)14-7-17-6-13-22(32-2)25(34-4)24(17)33-3/h5-15,28H,1-4H3,(H,27,29). The zero-order valence-electron chi connectivity index (χ0n) is 19.6. The number of carbonyl (C=O) groups is 1. The minimum Gasteiger partial charge on any atom is -0.493 e. The second-order valence-corrected chi connectivity index (χ2v) is 9.43. The molecule has 0 aromatic heterocycles. The molecule has 0 aliphatic rings. The van der Waals surface area contributed by atoms with Crippen molar-refractivity contribution in [1.82, 2.24) is 0 Å². The molecule has 1 amide bonds. The van der Waals surface area contributed by atoms with Gasteiger partial charge in [0.25, 0.3) is 10.0 Å². The Morgan fingerprint density at radius 1 is 0.886 bits per heavy atom. The fourth-order valence-corrected chi connectivity index (χ4v) is 4.42. The predicted octanol–water partition coefficient (Wildman–Crippen LogP) is 5.13. The van der Waals surface area contributed by atoms with Crippen molar-refractivity contribution in [2.24, 2.45) is 0 Å². The summed E-state index contributed by atoms with van der Waals surface area (Å²) < 4.78 is 43.8. The number of aryl methyl sites for hydroxylation is 1. The highest BCUT2D eigenvalue weighted by Crippen LogP contribution is 2.40. The van der Waals surface area contributed by atoms with E-state index in [4.69, 9.17) is 25.8 Å². The fourth-order valence-electron chi connectivity index (χ4n) is 3.19. The highest BCUT2D eigenvalue weighted by molar-refractivity contribution is 7.92. The third-order valence-corrected chi connectivity index (χ3v) is 6.81. The van der Waals surface area contributed by atoms with Crippen LogP contribution in [0.2, 0.25) is 5.02 Å². The Morgan fingerprint density at radius 3 is 2.14 bits per heavy atom. The monoisotopic (exact) mass is 516 g/mol. The van der Waals surface area contributed by atoms with Crippen LogP contribution in [-0.4, -0.2) is 35.7 Å². The highest BCUT2D eigenvalue weighted by Gasteiger charge is 2.16. The smallest absolute Gasteiger partial charge is 0.261 e. The van der Waals surface area contributed by atoms with Gasteiger partial charge in [0.15, 0.2) is 11.5 Å². The number of hydrogen-bond acceptors (Lipinski definition) is 6. The van der Waals surface area contributed by atoms with Gasteiger partial charge in [-0.1, -0.05) is 17.7 Å². The minimum atomic E-state index is -3.83. The van der Waals surface area contributed by atoms with Crippen molar-refractivity contribution in [2.75, 3.05) is 31.4 Å². The molecule has 0 radical (unpaired) electrons. The Hall–Kier alpha value is -3.69. The quantitative estimate of drug-likeness (QED) is 0.382. The first-order valence-corrected chi connectivity index (χ1v) is 12.2. The van der Waals surface area contributed by atoms with E-state index in [0.717, 1.165) is 5.56 Å². The van der Waals surface area contributed by atoms with E-state index in [2.05, 4.69) is 10.0 Å². The Kier molecular flexibility index (Phi) is 8.26. The van der Waals surface area contributed by atoms with Crippen molar-refractivity contribution < 1.29 is 27.4 Å². The third-order valence-electron chi connectivity index (χ3n) is 5.01. The first-order chi connectivity index (χ1) is 16.7. The number of nitrogens with one attached hydrogen (secondary N) is 2. The summed E-state index contributed by atoms with van der Waals surface area (Å²) in [5.74, 6) is 0.925. The van der Waals surface area contributed by atoms with Crippen molar-refractivity contribution >= 4 is 45.0 Å². The van der Waals surface area contributed by atoms with E-state index in [0.29, 0.717) is 39.2 Å². The predicted molar refractivity (Wildman–Crippen MR) is 137 cm³/mol. The van der Waals surface area contributed by atoms with Crippen molar-refractivity contribution in [3.8, 4) is 17.2 Å². The lowest BCUT2D eigenvalue weighted by atomic mass is 10.1. The minimum absolute atomic E-state index is 0.0396. The molecule has 0 aliphatic carbocycles. The van der Waals surface area contributed by atoms with Crippen LogP contribution in [0.15, 0.2) is 65.6 Å². The second-order valence-electron chi connectivity index (χ2n) is 7.34. The van der Waals surface area contributed by atoms with E-state index < -0.39 is 15.9 Å². The molecule has 3 aromatic rings. The van der Waals surface area contributed by atoms with Gasteiger partial charge in [0, 0.05) is 22.3 Å². The van der Waals surface area contributed by atoms with Gasteiger partial charge < -0.3 is 19.5 Å². The molecular weight excluding hydrogens is 492 g/mol. The van der Waals surface area contributed by atoms with Gasteiger partial charge in [0.2, 0.25) is 11.7 Å². The van der Waals surface area contributed by atoms with Crippen molar-refractivity contribution in [2.45, 2.75) is 11.8 Å².